The van der Waals surface area contributed by atoms with Gasteiger partial charge in [0.2, 0.25) is 5.91 Å². The molecule has 0 aromatic heterocycles. The molecule has 0 fully saturated rings. The van der Waals surface area contributed by atoms with E-state index >= 15 is 0 Å². The van der Waals surface area contributed by atoms with E-state index in [1.165, 1.54) is 0 Å². The molecule has 1 aromatic carbocycles. The van der Waals surface area contributed by atoms with Crippen LogP contribution in [-0.4, -0.2) is 38.6 Å². The number of carbonyl (C=O) groups is 2. The number of nitrogens with zero attached hydrogens (tertiary/aromatic N) is 2. The molecule has 0 atom stereocenters. The van der Waals surface area contributed by atoms with Crippen molar-refractivity contribution >= 4 is 23.3 Å². The Hall–Kier alpha value is -2.04. The van der Waals surface area contributed by atoms with Crippen LogP contribution in [0, 0.1) is 0 Å². The first kappa shape index (κ1) is 13.4. The fourth-order valence-corrected chi connectivity index (χ4v) is 2.20. The quantitative estimate of drug-likeness (QED) is 0.610. The van der Waals surface area contributed by atoms with Crippen molar-refractivity contribution in [1.29, 1.82) is 0 Å². The predicted octanol–water partition coefficient (Wildman–Crippen LogP) is 1.42. The van der Waals surface area contributed by atoms with Crippen molar-refractivity contribution in [2.45, 2.75) is 13.3 Å². The van der Waals surface area contributed by atoms with Crippen LogP contribution in [0.15, 0.2) is 24.3 Å². The van der Waals surface area contributed by atoms with Crippen LogP contribution in [0.1, 0.15) is 13.3 Å². The number of para-hydroxylation sites is 2. The fraction of sp³-hybridized carbons (Fsp3) is 0.429. The number of rotatable bonds is 3. The Morgan fingerprint density at radius 3 is 2.58 bits per heavy atom. The number of likely N-dealkylation sites (N-methyl/N-ethyl adjacent to an activating group) is 1. The van der Waals surface area contributed by atoms with Crippen molar-refractivity contribution < 1.29 is 14.3 Å². The van der Waals surface area contributed by atoms with Crippen molar-refractivity contribution in [2.24, 2.45) is 0 Å². The smallest absolute Gasteiger partial charge is 0.315 e. The molecule has 0 aliphatic carbocycles. The Morgan fingerprint density at radius 2 is 1.89 bits per heavy atom. The summed E-state index contributed by atoms with van der Waals surface area (Å²) in [4.78, 5) is 27.3. The molecular formula is C14H18N2O3. The predicted molar refractivity (Wildman–Crippen MR) is 73.3 cm³/mol. The second kappa shape index (κ2) is 5.73. The number of hydrogen-bond acceptors (Lipinski definition) is 4. The molecule has 1 amide bonds. The molecule has 0 saturated carbocycles. The van der Waals surface area contributed by atoms with Gasteiger partial charge >= 0.3 is 5.97 Å². The van der Waals surface area contributed by atoms with Crippen molar-refractivity contribution in [3.05, 3.63) is 24.3 Å². The lowest BCUT2D eigenvalue weighted by Crippen LogP contribution is -2.43. The summed E-state index contributed by atoms with van der Waals surface area (Å²) in [5.74, 6) is -0.678. The largest absolute Gasteiger partial charge is 0.466 e. The molecule has 102 valence electrons. The third-order valence-corrected chi connectivity index (χ3v) is 3.14. The Balaban J connectivity index is 2.16. The minimum atomic E-state index is -0.469. The zero-order valence-electron chi connectivity index (χ0n) is 11.3. The van der Waals surface area contributed by atoms with E-state index in [0.717, 1.165) is 17.9 Å². The maximum atomic E-state index is 12.2. The number of esters is 1. The lowest BCUT2D eigenvalue weighted by molar-refractivity contribution is -0.145. The third-order valence-electron chi connectivity index (χ3n) is 3.14. The Morgan fingerprint density at radius 1 is 1.21 bits per heavy atom. The van der Waals surface area contributed by atoms with E-state index in [2.05, 4.69) is 4.90 Å². The van der Waals surface area contributed by atoms with E-state index in [4.69, 9.17) is 4.74 Å². The average molecular weight is 262 g/mol. The molecule has 5 heteroatoms. The van der Waals surface area contributed by atoms with Crippen LogP contribution in [0.4, 0.5) is 11.4 Å². The highest BCUT2D eigenvalue weighted by Gasteiger charge is 2.26. The highest BCUT2D eigenvalue weighted by atomic mass is 16.5. The molecule has 0 bridgehead atoms. The summed E-state index contributed by atoms with van der Waals surface area (Å²) in [6.45, 7) is 3.37. The van der Waals surface area contributed by atoms with Gasteiger partial charge in [-0.1, -0.05) is 12.1 Å². The SMILES string of the molecule is CCOC(=O)CC(=O)N1CCN(C)c2ccccc21. The molecule has 19 heavy (non-hydrogen) atoms. The highest BCUT2D eigenvalue weighted by molar-refractivity contribution is 6.05. The molecule has 0 N–H and O–H groups in total. The molecule has 1 aliphatic heterocycles. The first-order valence-electron chi connectivity index (χ1n) is 6.39. The van der Waals surface area contributed by atoms with Gasteiger partial charge in [0.05, 0.1) is 18.0 Å². The minimum Gasteiger partial charge on any atom is -0.466 e. The van der Waals surface area contributed by atoms with Crippen LogP contribution in [0.2, 0.25) is 0 Å². The van der Waals surface area contributed by atoms with Gasteiger partial charge < -0.3 is 14.5 Å². The van der Waals surface area contributed by atoms with E-state index in [1.807, 2.05) is 31.3 Å². The number of fused-ring (bicyclic) bond motifs is 1. The van der Waals surface area contributed by atoms with E-state index in [1.54, 1.807) is 11.8 Å². The molecule has 0 spiro atoms. The van der Waals surface area contributed by atoms with Gasteiger partial charge in [0.25, 0.3) is 0 Å². The molecule has 1 aromatic rings. The Kier molecular flexibility index (Phi) is 4.04. The van der Waals surface area contributed by atoms with Gasteiger partial charge in [0.15, 0.2) is 0 Å². The van der Waals surface area contributed by atoms with Gasteiger partial charge in [-0.15, -0.1) is 0 Å². The van der Waals surface area contributed by atoms with Crippen molar-refractivity contribution in [2.75, 3.05) is 36.5 Å². The molecule has 0 saturated heterocycles. The van der Waals surface area contributed by atoms with Crippen LogP contribution in [0.5, 0.6) is 0 Å². The standard InChI is InChI=1S/C14H18N2O3/c1-3-19-14(18)10-13(17)16-9-8-15(2)11-6-4-5-7-12(11)16/h4-7H,3,8-10H2,1-2H3. The summed E-state index contributed by atoms with van der Waals surface area (Å²) in [6.07, 6.45) is -0.202. The molecule has 5 nitrogen and oxygen atoms in total. The second-order valence-electron chi connectivity index (χ2n) is 4.44. The highest BCUT2D eigenvalue weighted by Crippen LogP contribution is 2.31. The van der Waals surface area contributed by atoms with E-state index in [0.29, 0.717) is 13.2 Å². The van der Waals surface area contributed by atoms with Crippen LogP contribution < -0.4 is 9.80 Å². The van der Waals surface area contributed by atoms with Crippen LogP contribution >= 0.6 is 0 Å². The minimum absolute atomic E-state index is 0.202. The van der Waals surface area contributed by atoms with E-state index in [9.17, 15) is 9.59 Å². The van der Waals surface area contributed by atoms with Crippen molar-refractivity contribution in [3.8, 4) is 0 Å². The normalized spacial score (nSPS) is 14.0. The fourth-order valence-electron chi connectivity index (χ4n) is 2.20. The number of ether oxygens (including phenoxy) is 1. The average Bonchev–Trinajstić information content (AvgIpc) is 2.39. The number of benzene rings is 1. The number of carbonyl (C=O) groups excluding carboxylic acids is 2. The molecule has 0 radical (unpaired) electrons. The third kappa shape index (κ3) is 2.86. The zero-order chi connectivity index (χ0) is 13.8. The zero-order valence-corrected chi connectivity index (χ0v) is 11.3. The van der Waals surface area contributed by atoms with Gasteiger partial charge in [-0.2, -0.15) is 0 Å². The van der Waals surface area contributed by atoms with E-state index in [-0.39, 0.29) is 12.3 Å². The monoisotopic (exact) mass is 262 g/mol. The van der Waals surface area contributed by atoms with Gasteiger partial charge in [0.1, 0.15) is 6.42 Å². The second-order valence-corrected chi connectivity index (χ2v) is 4.44. The lowest BCUT2D eigenvalue weighted by Gasteiger charge is -2.35. The molecule has 2 rings (SSSR count). The van der Waals surface area contributed by atoms with Crippen molar-refractivity contribution in [1.82, 2.24) is 0 Å². The molecular weight excluding hydrogens is 244 g/mol. The summed E-state index contributed by atoms with van der Waals surface area (Å²) < 4.78 is 4.82. The summed E-state index contributed by atoms with van der Waals surface area (Å²) in [5.41, 5.74) is 1.86. The maximum absolute atomic E-state index is 12.2. The summed E-state index contributed by atoms with van der Waals surface area (Å²) in [6, 6.07) is 7.70. The molecule has 0 unspecified atom stereocenters. The van der Waals surface area contributed by atoms with Gasteiger partial charge in [-0.25, -0.2) is 0 Å². The topological polar surface area (TPSA) is 49.9 Å². The van der Waals surface area contributed by atoms with Crippen LogP contribution in [0.25, 0.3) is 0 Å². The van der Waals surface area contributed by atoms with Gasteiger partial charge in [-0.05, 0) is 19.1 Å². The first-order chi connectivity index (χ1) is 9.13. The van der Waals surface area contributed by atoms with Gasteiger partial charge in [0, 0.05) is 20.1 Å². The number of hydrogen-bond donors (Lipinski definition) is 0. The molecule has 1 heterocycles. The summed E-state index contributed by atoms with van der Waals surface area (Å²) in [5, 5.41) is 0. The molecule has 1 aliphatic rings. The summed E-state index contributed by atoms with van der Waals surface area (Å²) in [7, 11) is 1.99. The number of anilines is 2. The Labute approximate surface area is 112 Å². The summed E-state index contributed by atoms with van der Waals surface area (Å²) >= 11 is 0. The van der Waals surface area contributed by atoms with Gasteiger partial charge in [-0.3, -0.25) is 9.59 Å². The Bertz CT molecular complexity index is 487. The van der Waals surface area contributed by atoms with Crippen LogP contribution in [-0.2, 0) is 14.3 Å². The van der Waals surface area contributed by atoms with Crippen LogP contribution in [0.3, 0.4) is 0 Å². The number of amides is 1. The maximum Gasteiger partial charge on any atom is 0.315 e. The first-order valence-corrected chi connectivity index (χ1v) is 6.39. The van der Waals surface area contributed by atoms with Crippen molar-refractivity contribution in [3.63, 3.8) is 0 Å². The lowest BCUT2D eigenvalue weighted by atomic mass is 10.1. The van der Waals surface area contributed by atoms with E-state index < -0.39 is 5.97 Å².